The number of likely N-dealkylation sites (N-methyl/N-ethyl adjacent to an activating group) is 1. The minimum absolute atomic E-state index is 0. The smallest absolute Gasteiger partial charge is 0.225 e. The minimum Gasteiger partial charge on any atom is -0.369 e. The number of aromatic amines is 1. The van der Waals surface area contributed by atoms with Gasteiger partial charge in [-0.25, -0.2) is 0 Å². The van der Waals surface area contributed by atoms with Gasteiger partial charge in [-0.3, -0.25) is 9.69 Å². The molecule has 0 radical (unpaired) electrons. The van der Waals surface area contributed by atoms with Gasteiger partial charge in [0.1, 0.15) is 0 Å². The molecule has 5 heteroatoms. The Hall–Kier alpha value is -1.78. The van der Waals surface area contributed by atoms with E-state index in [1.807, 2.05) is 0 Å². The second-order valence-corrected chi connectivity index (χ2v) is 5.83. The quantitative estimate of drug-likeness (QED) is 0.846. The lowest BCUT2D eigenvalue weighted by molar-refractivity contribution is -0.121. The summed E-state index contributed by atoms with van der Waals surface area (Å²) in [4.78, 5) is 17.1. The fourth-order valence-electron chi connectivity index (χ4n) is 3.63. The average molecular weight is 304 g/mol. The maximum atomic E-state index is 11.6. The molecule has 3 N–H and O–H groups in total. The van der Waals surface area contributed by atoms with E-state index < -0.39 is 0 Å². The summed E-state index contributed by atoms with van der Waals surface area (Å²) in [6, 6.07) is 6.66. The molecular weight excluding hydrogens is 286 g/mol. The third-order valence-corrected chi connectivity index (χ3v) is 4.63. The molecular formula is C16H18ClN3O. The van der Waals surface area contributed by atoms with Crippen LogP contribution in [0.5, 0.6) is 0 Å². The zero-order valence-corrected chi connectivity index (χ0v) is 12.6. The third kappa shape index (κ3) is 1.98. The predicted octanol–water partition coefficient (Wildman–Crippen LogP) is 1.94. The Morgan fingerprint density at radius 1 is 1.43 bits per heavy atom. The molecule has 4 nitrogen and oxygen atoms in total. The molecule has 1 aromatic carbocycles. The third-order valence-electron chi connectivity index (χ3n) is 4.63. The zero-order valence-electron chi connectivity index (χ0n) is 11.8. The fraction of sp³-hybridized carbons (Fsp3) is 0.312. The lowest BCUT2D eigenvalue weighted by Gasteiger charge is -2.39. The number of H-pyrrole nitrogens is 1. The molecule has 2 atom stereocenters. The van der Waals surface area contributed by atoms with E-state index >= 15 is 0 Å². The van der Waals surface area contributed by atoms with Crippen LogP contribution < -0.4 is 5.73 Å². The average Bonchev–Trinajstić information content (AvgIpc) is 2.84. The molecule has 1 amide bonds. The number of halogens is 1. The Balaban J connectivity index is 0.00000132. The number of carbonyl (C=O) groups excluding carboxylic acids is 1. The Labute approximate surface area is 129 Å². The van der Waals surface area contributed by atoms with Crippen LogP contribution in [-0.2, 0) is 11.2 Å². The van der Waals surface area contributed by atoms with Crippen LogP contribution in [0.4, 0.5) is 0 Å². The van der Waals surface area contributed by atoms with E-state index in [0.29, 0.717) is 12.6 Å². The second-order valence-electron chi connectivity index (χ2n) is 5.83. The van der Waals surface area contributed by atoms with Gasteiger partial charge in [-0.15, -0.1) is 12.4 Å². The van der Waals surface area contributed by atoms with Gasteiger partial charge in [0.05, 0.1) is 5.92 Å². The molecule has 21 heavy (non-hydrogen) atoms. The van der Waals surface area contributed by atoms with Gasteiger partial charge in [-0.05, 0) is 36.2 Å². The first-order chi connectivity index (χ1) is 9.65. The van der Waals surface area contributed by atoms with Crippen LogP contribution in [0.2, 0.25) is 0 Å². The van der Waals surface area contributed by atoms with Crippen LogP contribution in [0.1, 0.15) is 11.1 Å². The zero-order chi connectivity index (χ0) is 13.9. The maximum absolute atomic E-state index is 11.6. The summed E-state index contributed by atoms with van der Waals surface area (Å²) < 4.78 is 0. The number of amides is 1. The molecule has 0 saturated carbocycles. The SMILES string of the molecule is CN1C[C@@H](C(N)=O)C=C2c3cccc4[nH]cc(c34)C[C@H]21.Cl. The van der Waals surface area contributed by atoms with E-state index in [0.717, 1.165) is 6.42 Å². The molecule has 0 fully saturated rings. The normalized spacial score (nSPS) is 24.1. The van der Waals surface area contributed by atoms with Crippen molar-refractivity contribution >= 4 is 34.8 Å². The lowest BCUT2D eigenvalue weighted by Crippen LogP contribution is -2.45. The molecule has 1 aromatic heterocycles. The van der Waals surface area contributed by atoms with E-state index in [4.69, 9.17) is 5.73 Å². The molecule has 2 aliphatic rings. The number of hydrogen-bond acceptors (Lipinski definition) is 2. The number of carbonyl (C=O) groups is 1. The molecule has 0 bridgehead atoms. The van der Waals surface area contributed by atoms with Crippen LogP contribution in [0.15, 0.2) is 30.5 Å². The van der Waals surface area contributed by atoms with E-state index in [1.165, 1.54) is 27.6 Å². The molecule has 2 heterocycles. The van der Waals surface area contributed by atoms with Crippen molar-refractivity contribution in [3.8, 4) is 0 Å². The van der Waals surface area contributed by atoms with E-state index in [-0.39, 0.29) is 24.2 Å². The topological polar surface area (TPSA) is 62.1 Å². The Bertz CT molecular complexity index is 749. The van der Waals surface area contributed by atoms with Gasteiger partial charge in [0, 0.05) is 29.7 Å². The van der Waals surface area contributed by atoms with Crippen molar-refractivity contribution in [2.24, 2.45) is 11.7 Å². The summed E-state index contributed by atoms with van der Waals surface area (Å²) in [6.45, 7) is 0.708. The van der Waals surface area contributed by atoms with Gasteiger partial charge in [-0.2, -0.15) is 0 Å². The first-order valence-corrected chi connectivity index (χ1v) is 6.96. The van der Waals surface area contributed by atoms with Crippen molar-refractivity contribution in [1.29, 1.82) is 0 Å². The number of aromatic nitrogens is 1. The minimum atomic E-state index is -0.241. The summed E-state index contributed by atoms with van der Waals surface area (Å²) >= 11 is 0. The fourth-order valence-corrected chi connectivity index (χ4v) is 3.63. The van der Waals surface area contributed by atoms with Gasteiger partial charge in [0.15, 0.2) is 0 Å². The molecule has 0 spiro atoms. The summed E-state index contributed by atoms with van der Waals surface area (Å²) in [6.07, 6.45) is 5.18. The maximum Gasteiger partial charge on any atom is 0.225 e. The Morgan fingerprint density at radius 2 is 2.24 bits per heavy atom. The van der Waals surface area contributed by atoms with Gasteiger partial charge in [-0.1, -0.05) is 18.2 Å². The summed E-state index contributed by atoms with van der Waals surface area (Å²) in [5.41, 5.74) is 10.5. The highest BCUT2D eigenvalue weighted by molar-refractivity contribution is 5.99. The standard InChI is InChI=1S/C16H17N3O.ClH/c1-19-8-10(16(17)20)5-12-11-3-2-4-13-15(11)9(7-18-13)6-14(12)19;/h2-5,7,10,14,18H,6,8H2,1H3,(H2,17,20);1H/t10-,14+;/m0./s1. The summed E-state index contributed by atoms with van der Waals surface area (Å²) in [5, 5.41) is 1.30. The number of nitrogens with two attached hydrogens (primary N) is 1. The molecule has 1 aliphatic carbocycles. The Morgan fingerprint density at radius 3 is 3.00 bits per heavy atom. The highest BCUT2D eigenvalue weighted by Crippen LogP contribution is 2.40. The van der Waals surface area contributed by atoms with Crippen LogP contribution in [-0.4, -0.2) is 35.4 Å². The largest absolute Gasteiger partial charge is 0.369 e. The number of hydrogen-bond donors (Lipinski definition) is 2. The van der Waals surface area contributed by atoms with Crippen LogP contribution in [0.3, 0.4) is 0 Å². The number of benzene rings is 1. The molecule has 4 rings (SSSR count). The first kappa shape index (κ1) is 14.2. The highest BCUT2D eigenvalue weighted by atomic mass is 35.5. The van der Waals surface area contributed by atoms with Crippen molar-refractivity contribution in [2.75, 3.05) is 13.6 Å². The lowest BCUT2D eigenvalue weighted by atomic mass is 9.80. The van der Waals surface area contributed by atoms with Gasteiger partial charge in [0.25, 0.3) is 0 Å². The van der Waals surface area contributed by atoms with Crippen molar-refractivity contribution in [3.63, 3.8) is 0 Å². The van der Waals surface area contributed by atoms with E-state index in [9.17, 15) is 4.79 Å². The monoisotopic (exact) mass is 303 g/mol. The highest BCUT2D eigenvalue weighted by Gasteiger charge is 2.34. The Kier molecular flexibility index (Phi) is 3.30. The summed E-state index contributed by atoms with van der Waals surface area (Å²) in [7, 11) is 2.07. The van der Waals surface area contributed by atoms with Gasteiger partial charge >= 0.3 is 0 Å². The van der Waals surface area contributed by atoms with Crippen molar-refractivity contribution in [3.05, 3.63) is 41.6 Å². The second kappa shape index (κ2) is 4.90. The van der Waals surface area contributed by atoms with Crippen molar-refractivity contribution in [2.45, 2.75) is 12.5 Å². The van der Waals surface area contributed by atoms with Gasteiger partial charge in [0.2, 0.25) is 5.91 Å². The van der Waals surface area contributed by atoms with Crippen LogP contribution >= 0.6 is 12.4 Å². The van der Waals surface area contributed by atoms with Crippen molar-refractivity contribution < 1.29 is 4.79 Å². The number of fused-ring (bicyclic) bond motifs is 2. The van der Waals surface area contributed by atoms with Crippen LogP contribution in [0, 0.1) is 5.92 Å². The number of primary amides is 1. The predicted molar refractivity (Wildman–Crippen MR) is 86.3 cm³/mol. The summed E-state index contributed by atoms with van der Waals surface area (Å²) in [5.74, 6) is -0.433. The first-order valence-electron chi connectivity index (χ1n) is 6.96. The molecule has 0 unspecified atom stereocenters. The van der Waals surface area contributed by atoms with E-state index in [1.54, 1.807) is 0 Å². The molecule has 110 valence electrons. The van der Waals surface area contributed by atoms with E-state index in [2.05, 4.69) is 47.4 Å². The molecule has 2 aromatic rings. The number of nitrogens with one attached hydrogen (secondary N) is 1. The number of rotatable bonds is 1. The van der Waals surface area contributed by atoms with Crippen molar-refractivity contribution in [1.82, 2.24) is 9.88 Å². The number of nitrogens with zero attached hydrogens (tertiary/aromatic N) is 1. The molecule has 0 saturated heterocycles. The molecule has 1 aliphatic heterocycles. The van der Waals surface area contributed by atoms with Crippen LogP contribution in [0.25, 0.3) is 16.5 Å². The van der Waals surface area contributed by atoms with Gasteiger partial charge < -0.3 is 10.7 Å².